The van der Waals surface area contributed by atoms with Gasteiger partial charge in [-0.05, 0) is 172 Å². The summed E-state index contributed by atoms with van der Waals surface area (Å²) in [5.41, 5.74) is 5.62. The Labute approximate surface area is 472 Å². The molecule has 0 bridgehead atoms. The molecular formula is C62H89O14Pd-. The van der Waals surface area contributed by atoms with Crippen molar-refractivity contribution in [2.45, 2.75) is 188 Å². The Bertz CT molecular complexity index is 2250. The number of carbonyl (C=O) groups excluding carboxylic acids is 4. The number of hydrogen-bond donors (Lipinski definition) is 3. The van der Waals surface area contributed by atoms with Crippen molar-refractivity contribution in [1.29, 1.82) is 0 Å². The van der Waals surface area contributed by atoms with Crippen LogP contribution in [0.4, 0.5) is 0 Å². The fourth-order valence-electron chi connectivity index (χ4n) is 12.1. The van der Waals surface area contributed by atoms with Gasteiger partial charge in [-0.15, -0.1) is 0 Å². The second kappa shape index (κ2) is 34.9. The molecule has 432 valence electrons. The predicted molar refractivity (Wildman–Crippen MR) is 291 cm³/mol. The first-order valence-corrected chi connectivity index (χ1v) is 27.8. The number of ether oxygens (including phenoxy) is 6. The topological polar surface area (TPSA) is 201 Å². The summed E-state index contributed by atoms with van der Waals surface area (Å²) < 4.78 is 32.4. The molecule has 3 aromatic rings. The molecule has 0 heterocycles. The number of aliphatic hydroxyl groups excluding tert-OH is 2. The van der Waals surface area contributed by atoms with Gasteiger partial charge in [0.25, 0.3) is 0 Å². The minimum Gasteiger partial charge on any atom is -0.482 e. The van der Waals surface area contributed by atoms with Crippen molar-refractivity contribution in [3.05, 3.63) is 102 Å². The van der Waals surface area contributed by atoms with Gasteiger partial charge in [0.05, 0.1) is 18.8 Å². The van der Waals surface area contributed by atoms with E-state index < -0.39 is 11.9 Å². The van der Waals surface area contributed by atoms with Gasteiger partial charge in [-0.2, -0.15) is 0 Å². The number of rotatable bonds is 25. The molecule has 0 radical (unpaired) electrons. The number of aliphatic hydroxyl groups is 2. The third-order valence-corrected chi connectivity index (χ3v) is 15.5. The van der Waals surface area contributed by atoms with Crippen LogP contribution in [0.1, 0.15) is 159 Å². The quantitative estimate of drug-likeness (QED) is 0.0238. The van der Waals surface area contributed by atoms with Crippen LogP contribution in [0.25, 0.3) is 0 Å². The van der Waals surface area contributed by atoms with E-state index in [1.807, 2.05) is 54.6 Å². The first kappa shape index (κ1) is 66.5. The average Bonchev–Trinajstić information content (AvgIpc) is 3.88. The zero-order valence-corrected chi connectivity index (χ0v) is 48.4. The van der Waals surface area contributed by atoms with E-state index in [1.54, 1.807) is 6.92 Å². The van der Waals surface area contributed by atoms with Crippen molar-refractivity contribution in [3.63, 3.8) is 0 Å². The van der Waals surface area contributed by atoms with Gasteiger partial charge in [0.1, 0.15) is 30.3 Å². The molecule has 2 fully saturated rings. The standard InChI is InChI=1S/C32H42O6.C25H36O6.C4H8O2.CH3.Pd/c1-3-4-6-13-26(38-22(2)33)15-16-27-28-17-24-12-9-14-31(29(24)18-25(28)19-30(27)34)36-21-32(35)37-20-23-10-7-5-8-11-23;1-3-4-5-8-19(31-16(2)26)10-11-20-21-12-17-7-6-9-24(30-15-25(28)29)22(17)13-18(21)14-23(20)27;1-3-6-4(2)5;;/h5,7-12,14,25-28,30,34H,3-4,6,13,15-21H2,1-2H3;6-7,9,18-21,23,27H,3-5,8,10-15H2,1-2H3,(H,28,29);3H2,1-2H3;1H3;/q;;;-1;/t25-,26-,27+,28-,30+;18-,19-,20+,21-,23+;;;/m00.../s1. The molecule has 3 N–H and O–H groups in total. The fourth-order valence-corrected chi connectivity index (χ4v) is 12.1. The van der Waals surface area contributed by atoms with Crippen LogP contribution < -0.4 is 9.47 Å². The van der Waals surface area contributed by atoms with E-state index in [9.17, 15) is 34.2 Å². The molecule has 0 aliphatic heterocycles. The van der Waals surface area contributed by atoms with Crippen molar-refractivity contribution < 1.29 is 88.1 Å². The molecule has 3 aromatic carbocycles. The summed E-state index contributed by atoms with van der Waals surface area (Å²) in [6.45, 7) is 10.7. The van der Waals surface area contributed by atoms with Gasteiger partial charge in [-0.25, -0.2) is 9.59 Å². The third kappa shape index (κ3) is 21.7. The Hall–Kier alpha value is -4.81. The van der Waals surface area contributed by atoms with E-state index in [1.165, 1.54) is 31.9 Å². The summed E-state index contributed by atoms with van der Waals surface area (Å²) in [5.74, 6) is 1.30. The second-order valence-electron chi connectivity index (χ2n) is 21.0. The molecule has 10 atom stereocenters. The maximum absolute atomic E-state index is 12.3. The zero-order valence-electron chi connectivity index (χ0n) is 46.8. The van der Waals surface area contributed by atoms with Crippen LogP contribution in [-0.2, 0) is 95.6 Å². The normalized spacial score (nSPS) is 22.0. The maximum Gasteiger partial charge on any atom is 0.344 e. The molecule has 4 aliphatic carbocycles. The number of hydrogen-bond acceptors (Lipinski definition) is 13. The number of fused-ring (bicyclic) bond motifs is 4. The van der Waals surface area contributed by atoms with Gasteiger partial charge in [0.15, 0.2) is 13.2 Å². The Morgan fingerprint density at radius 3 is 1.44 bits per heavy atom. The second-order valence-corrected chi connectivity index (χ2v) is 21.0. The van der Waals surface area contributed by atoms with Crippen LogP contribution in [0.15, 0.2) is 66.7 Å². The first-order chi connectivity index (χ1) is 36.1. The van der Waals surface area contributed by atoms with E-state index in [-0.39, 0.29) is 102 Å². The largest absolute Gasteiger partial charge is 0.482 e. The fraction of sp³-hybridized carbons (Fsp3) is 0.613. The smallest absolute Gasteiger partial charge is 0.344 e. The van der Waals surface area contributed by atoms with Crippen LogP contribution in [0.5, 0.6) is 11.5 Å². The number of carboxylic acids is 1. The number of unbranched alkanes of at least 4 members (excludes halogenated alkanes) is 4. The molecule has 0 amide bonds. The van der Waals surface area contributed by atoms with Gasteiger partial charge in [0, 0.05) is 41.2 Å². The number of benzene rings is 3. The number of carbonyl (C=O) groups is 5. The van der Waals surface area contributed by atoms with E-state index in [2.05, 4.69) is 30.7 Å². The summed E-state index contributed by atoms with van der Waals surface area (Å²) in [5, 5.41) is 30.8. The molecule has 14 nitrogen and oxygen atoms in total. The average molecular weight is 1160 g/mol. The summed E-state index contributed by atoms with van der Waals surface area (Å²) >= 11 is 0. The van der Waals surface area contributed by atoms with Gasteiger partial charge >= 0.3 is 29.8 Å². The van der Waals surface area contributed by atoms with Crippen LogP contribution in [0, 0.1) is 42.9 Å². The third-order valence-electron chi connectivity index (χ3n) is 15.5. The Kier molecular flexibility index (Phi) is 30.2. The SMILES string of the molecule is CCCCC[C@@H](CC[C@@H]1[C@H]2Cc3cccc(OCC(=O)O)c3C[C@H]2C[C@H]1O)OC(C)=O.CCCCC[C@@H](CC[C@@H]1[C@H]2Cc3cccc(OCC(=O)OCc4ccccc4)c3C[C@H]2C[C@H]1O)OC(C)=O.CCOC(C)=O.[CH3-].[Pd]. The molecular weight excluding hydrogens is 1080 g/mol. The summed E-state index contributed by atoms with van der Waals surface area (Å²) in [6, 6.07) is 21.5. The minimum absolute atomic E-state index is 0. The van der Waals surface area contributed by atoms with E-state index >= 15 is 0 Å². The van der Waals surface area contributed by atoms with E-state index in [0.29, 0.717) is 36.0 Å². The Balaban J connectivity index is 0.000000363. The van der Waals surface area contributed by atoms with Crippen LogP contribution in [0.3, 0.4) is 0 Å². The molecule has 0 spiro atoms. The van der Waals surface area contributed by atoms with Gasteiger partial charge in [-0.1, -0.05) is 94.1 Å². The number of aliphatic carboxylic acids is 1. The van der Waals surface area contributed by atoms with Crippen molar-refractivity contribution in [3.8, 4) is 11.5 Å². The monoisotopic (exact) mass is 1160 g/mol. The molecule has 7 rings (SSSR count). The van der Waals surface area contributed by atoms with Gasteiger partial charge in [-0.3, -0.25) is 14.4 Å². The molecule has 15 heteroatoms. The van der Waals surface area contributed by atoms with Crippen molar-refractivity contribution in [2.24, 2.45) is 35.5 Å². The number of esters is 4. The molecule has 77 heavy (non-hydrogen) atoms. The minimum atomic E-state index is -0.982. The van der Waals surface area contributed by atoms with Crippen LogP contribution in [-0.4, -0.2) is 89.4 Å². The van der Waals surface area contributed by atoms with Crippen molar-refractivity contribution in [1.82, 2.24) is 0 Å². The van der Waals surface area contributed by atoms with Crippen molar-refractivity contribution >= 4 is 29.8 Å². The van der Waals surface area contributed by atoms with Crippen LogP contribution >= 0.6 is 0 Å². The maximum atomic E-state index is 12.3. The summed E-state index contributed by atoms with van der Waals surface area (Å²) in [4.78, 5) is 56.2. The molecule has 0 saturated heterocycles. The summed E-state index contributed by atoms with van der Waals surface area (Å²) in [6.07, 6.45) is 15.9. The molecule has 0 unspecified atom stereocenters. The van der Waals surface area contributed by atoms with E-state index in [0.717, 1.165) is 138 Å². The number of carboxylic acid groups (broad SMARTS) is 1. The summed E-state index contributed by atoms with van der Waals surface area (Å²) in [7, 11) is 0. The van der Waals surface area contributed by atoms with Gasteiger partial charge in [0.2, 0.25) is 0 Å². The van der Waals surface area contributed by atoms with Crippen molar-refractivity contribution in [2.75, 3.05) is 19.8 Å². The predicted octanol–water partition coefficient (Wildman–Crippen LogP) is 11.0. The van der Waals surface area contributed by atoms with E-state index in [4.69, 9.17) is 28.8 Å². The molecule has 0 aromatic heterocycles. The molecule has 4 aliphatic rings. The van der Waals surface area contributed by atoms with Gasteiger partial charge < -0.3 is 51.2 Å². The Morgan fingerprint density at radius 1 is 0.571 bits per heavy atom. The molecule has 2 saturated carbocycles. The Morgan fingerprint density at radius 2 is 1.04 bits per heavy atom. The van der Waals surface area contributed by atoms with Crippen LogP contribution in [0.2, 0.25) is 0 Å². The zero-order chi connectivity index (χ0) is 54.3. The first-order valence-electron chi connectivity index (χ1n) is 27.8.